The number of halogens is 2. The largest absolute Gasteiger partial charge is 0.378 e. The summed E-state index contributed by atoms with van der Waals surface area (Å²) < 4.78 is 20.0. The molecule has 23 heavy (non-hydrogen) atoms. The van der Waals surface area contributed by atoms with Crippen molar-refractivity contribution in [1.29, 1.82) is 0 Å². The molecule has 1 aliphatic rings. The van der Waals surface area contributed by atoms with Gasteiger partial charge in [-0.3, -0.25) is 9.69 Å². The van der Waals surface area contributed by atoms with Crippen LogP contribution < -0.4 is 5.73 Å². The Labute approximate surface area is 136 Å². The molecule has 1 fully saturated rings. The van der Waals surface area contributed by atoms with Crippen molar-refractivity contribution in [2.24, 2.45) is 5.73 Å². The van der Waals surface area contributed by atoms with E-state index in [-0.39, 0.29) is 11.6 Å². The monoisotopic (exact) mass is 339 g/mol. The number of primary amides is 1. The molecule has 1 atom stereocenters. The van der Waals surface area contributed by atoms with Gasteiger partial charge in [-0.2, -0.15) is 0 Å². The molecule has 7 nitrogen and oxygen atoms in total. The number of carbonyl (C=O) groups excluding carboxylic acids is 1. The van der Waals surface area contributed by atoms with Crippen molar-refractivity contribution in [3.8, 4) is 5.69 Å². The number of benzene rings is 1. The smallest absolute Gasteiger partial charge is 0.237 e. The Kier molecular flexibility index (Phi) is 4.56. The van der Waals surface area contributed by atoms with E-state index < -0.39 is 17.8 Å². The number of hydrogen-bond donors (Lipinski definition) is 1. The highest BCUT2D eigenvalue weighted by atomic mass is 35.5. The van der Waals surface area contributed by atoms with Crippen molar-refractivity contribution < 1.29 is 13.9 Å². The van der Waals surface area contributed by atoms with Gasteiger partial charge in [-0.25, -0.2) is 9.07 Å². The molecule has 0 saturated carbocycles. The molecule has 2 heterocycles. The lowest BCUT2D eigenvalue weighted by molar-refractivity contribution is -0.129. The summed E-state index contributed by atoms with van der Waals surface area (Å²) in [7, 11) is 0. The van der Waals surface area contributed by atoms with Crippen molar-refractivity contribution in [1.82, 2.24) is 19.9 Å². The second-order valence-corrected chi connectivity index (χ2v) is 5.62. The predicted molar refractivity (Wildman–Crippen MR) is 80.5 cm³/mol. The van der Waals surface area contributed by atoms with Crippen molar-refractivity contribution >= 4 is 17.5 Å². The Morgan fingerprint density at radius 2 is 2.35 bits per heavy atom. The third-order valence-electron chi connectivity index (χ3n) is 3.64. The van der Waals surface area contributed by atoms with Gasteiger partial charge in [0.15, 0.2) is 0 Å². The summed E-state index contributed by atoms with van der Waals surface area (Å²) in [6.45, 7) is 1.82. The zero-order valence-electron chi connectivity index (χ0n) is 12.2. The molecule has 0 aliphatic carbocycles. The molecule has 2 aromatic rings. The molecule has 9 heteroatoms. The van der Waals surface area contributed by atoms with E-state index >= 15 is 0 Å². The van der Waals surface area contributed by atoms with Gasteiger partial charge in [-0.1, -0.05) is 16.8 Å². The van der Waals surface area contributed by atoms with Crippen LogP contribution in [0.3, 0.4) is 0 Å². The van der Waals surface area contributed by atoms with E-state index in [0.717, 1.165) is 0 Å². The lowest BCUT2D eigenvalue weighted by Gasteiger charge is -2.32. The molecular weight excluding hydrogens is 325 g/mol. The van der Waals surface area contributed by atoms with E-state index in [0.29, 0.717) is 31.1 Å². The summed E-state index contributed by atoms with van der Waals surface area (Å²) in [6.07, 6.45) is 1.71. The topological polar surface area (TPSA) is 86.3 Å². The molecule has 1 saturated heterocycles. The maximum atomic E-state index is 13.2. The summed E-state index contributed by atoms with van der Waals surface area (Å²) in [4.78, 5) is 13.4. The van der Waals surface area contributed by atoms with Gasteiger partial charge in [0.1, 0.15) is 11.9 Å². The SMILES string of the molecule is NC(=O)[C@H]1COCCN1Cc1cn(-c2ccc(F)c(Cl)c2)nn1. The maximum Gasteiger partial charge on any atom is 0.237 e. The average Bonchev–Trinajstić information content (AvgIpc) is 2.99. The Bertz CT molecular complexity index is 723. The highest BCUT2D eigenvalue weighted by molar-refractivity contribution is 6.30. The van der Waals surface area contributed by atoms with Gasteiger partial charge in [0.05, 0.1) is 35.8 Å². The first-order chi connectivity index (χ1) is 11.0. The molecular formula is C14H15ClFN5O2. The maximum absolute atomic E-state index is 13.2. The van der Waals surface area contributed by atoms with Crippen LogP contribution in [0.5, 0.6) is 0 Å². The lowest BCUT2D eigenvalue weighted by atomic mass is 10.2. The minimum atomic E-state index is -0.492. The molecule has 122 valence electrons. The van der Waals surface area contributed by atoms with E-state index in [1.165, 1.54) is 16.8 Å². The average molecular weight is 340 g/mol. The molecule has 0 unspecified atom stereocenters. The van der Waals surface area contributed by atoms with Crippen molar-refractivity contribution in [2.45, 2.75) is 12.6 Å². The predicted octanol–water partition coefficient (Wildman–Crippen LogP) is 0.746. The van der Waals surface area contributed by atoms with Gasteiger partial charge in [-0.15, -0.1) is 5.10 Å². The van der Waals surface area contributed by atoms with Gasteiger partial charge in [0.2, 0.25) is 5.91 Å². The number of carbonyl (C=O) groups is 1. The molecule has 1 amide bonds. The molecule has 1 aromatic heterocycles. The Morgan fingerprint density at radius 3 is 3.09 bits per heavy atom. The molecule has 0 bridgehead atoms. The second kappa shape index (κ2) is 6.61. The minimum absolute atomic E-state index is 0.0153. The third-order valence-corrected chi connectivity index (χ3v) is 3.93. The van der Waals surface area contributed by atoms with E-state index in [4.69, 9.17) is 22.1 Å². The van der Waals surface area contributed by atoms with Crippen LogP contribution in [0.25, 0.3) is 5.69 Å². The van der Waals surface area contributed by atoms with Crippen LogP contribution >= 0.6 is 11.6 Å². The summed E-state index contributed by atoms with van der Waals surface area (Å²) in [5.74, 6) is -0.921. The minimum Gasteiger partial charge on any atom is -0.378 e. The number of amides is 1. The van der Waals surface area contributed by atoms with Gasteiger partial charge in [-0.05, 0) is 18.2 Å². The van der Waals surface area contributed by atoms with Crippen LogP contribution in [-0.4, -0.2) is 51.6 Å². The van der Waals surface area contributed by atoms with E-state index in [2.05, 4.69) is 10.3 Å². The zero-order valence-corrected chi connectivity index (χ0v) is 12.9. The highest BCUT2D eigenvalue weighted by Gasteiger charge is 2.28. The highest BCUT2D eigenvalue weighted by Crippen LogP contribution is 2.19. The van der Waals surface area contributed by atoms with Crippen LogP contribution in [0, 0.1) is 5.82 Å². The summed E-state index contributed by atoms with van der Waals surface area (Å²) >= 11 is 5.77. The fraction of sp³-hybridized carbons (Fsp3) is 0.357. The normalized spacial score (nSPS) is 19.0. The van der Waals surface area contributed by atoms with E-state index in [9.17, 15) is 9.18 Å². The van der Waals surface area contributed by atoms with Crippen LogP contribution in [0.2, 0.25) is 5.02 Å². The molecule has 1 aliphatic heterocycles. The van der Waals surface area contributed by atoms with Gasteiger partial charge >= 0.3 is 0 Å². The number of ether oxygens (including phenoxy) is 1. The molecule has 0 radical (unpaired) electrons. The third kappa shape index (κ3) is 3.49. The first-order valence-corrected chi connectivity index (χ1v) is 7.40. The van der Waals surface area contributed by atoms with Crippen LogP contribution in [0.1, 0.15) is 5.69 Å². The van der Waals surface area contributed by atoms with Crippen LogP contribution in [0.4, 0.5) is 4.39 Å². The molecule has 3 rings (SSSR count). The fourth-order valence-electron chi connectivity index (χ4n) is 2.42. The number of morpholine rings is 1. The van der Waals surface area contributed by atoms with Crippen LogP contribution in [-0.2, 0) is 16.1 Å². The summed E-state index contributed by atoms with van der Waals surface area (Å²) in [6, 6.07) is 3.82. The quantitative estimate of drug-likeness (QED) is 0.888. The van der Waals surface area contributed by atoms with Crippen molar-refractivity contribution in [3.63, 3.8) is 0 Å². The van der Waals surface area contributed by atoms with E-state index in [1.54, 1.807) is 12.3 Å². The standard InChI is InChI=1S/C14H15ClFN5O2/c15-11-5-10(1-2-12(11)16)21-7-9(18-19-21)6-20-3-4-23-8-13(20)14(17)22/h1-2,5,7,13H,3-4,6,8H2,(H2,17,22)/t13-/m1/s1. The molecule has 2 N–H and O–H groups in total. The second-order valence-electron chi connectivity index (χ2n) is 5.22. The first-order valence-electron chi connectivity index (χ1n) is 7.02. The number of nitrogens with zero attached hydrogens (tertiary/aromatic N) is 4. The summed E-state index contributed by atoms with van der Waals surface area (Å²) in [5.41, 5.74) is 6.65. The summed E-state index contributed by atoms with van der Waals surface area (Å²) in [5, 5.41) is 8.09. The molecule has 0 spiro atoms. The van der Waals surface area contributed by atoms with Gasteiger partial charge in [0.25, 0.3) is 0 Å². The number of hydrogen-bond acceptors (Lipinski definition) is 5. The zero-order chi connectivity index (χ0) is 16.4. The van der Waals surface area contributed by atoms with Crippen molar-refractivity contribution in [3.05, 3.63) is 40.9 Å². The number of rotatable bonds is 4. The van der Waals surface area contributed by atoms with Crippen LogP contribution in [0.15, 0.2) is 24.4 Å². The lowest BCUT2D eigenvalue weighted by Crippen LogP contribution is -2.51. The number of nitrogens with two attached hydrogens (primary N) is 1. The Morgan fingerprint density at radius 1 is 1.52 bits per heavy atom. The van der Waals surface area contributed by atoms with Gasteiger partial charge in [0, 0.05) is 13.1 Å². The molecule has 1 aromatic carbocycles. The Hall–Kier alpha value is -2.03. The van der Waals surface area contributed by atoms with Crippen molar-refractivity contribution in [2.75, 3.05) is 19.8 Å². The first kappa shape index (κ1) is 15.9. The number of aromatic nitrogens is 3. The Balaban J connectivity index is 1.76. The van der Waals surface area contributed by atoms with Gasteiger partial charge < -0.3 is 10.5 Å². The van der Waals surface area contributed by atoms with E-state index in [1.807, 2.05) is 4.90 Å². The fourth-order valence-corrected chi connectivity index (χ4v) is 2.60.